The number of rotatable bonds is 5. The summed E-state index contributed by atoms with van der Waals surface area (Å²) < 4.78 is 28.5. The Hall–Kier alpha value is -1.41. The highest BCUT2D eigenvalue weighted by Gasteiger charge is 2.34. The van der Waals surface area contributed by atoms with E-state index >= 15 is 0 Å². The van der Waals surface area contributed by atoms with Crippen molar-refractivity contribution in [3.8, 4) is 0 Å². The third-order valence-electron chi connectivity index (χ3n) is 5.17. The summed E-state index contributed by atoms with van der Waals surface area (Å²) in [6.45, 7) is 4.07. The third-order valence-corrected chi connectivity index (χ3v) is 8.13. The lowest BCUT2D eigenvalue weighted by Crippen LogP contribution is -2.43. The molecule has 2 atom stereocenters. The van der Waals surface area contributed by atoms with Crippen molar-refractivity contribution in [2.75, 3.05) is 24.7 Å². The average Bonchev–Trinajstić information content (AvgIpc) is 3.16. The number of carbonyl (C=O) groups excluding carboxylic acids is 2. The Morgan fingerprint density at radius 3 is 2.77 bits per heavy atom. The van der Waals surface area contributed by atoms with Gasteiger partial charge in [-0.15, -0.1) is 11.3 Å². The maximum absolute atomic E-state index is 12.4. The van der Waals surface area contributed by atoms with E-state index in [0.717, 1.165) is 19.3 Å². The van der Waals surface area contributed by atoms with E-state index in [9.17, 15) is 18.0 Å². The van der Waals surface area contributed by atoms with Crippen LogP contribution in [-0.2, 0) is 32.2 Å². The Morgan fingerprint density at radius 1 is 1.35 bits per heavy atom. The minimum atomic E-state index is -3.06. The molecule has 3 rings (SSSR count). The van der Waals surface area contributed by atoms with Crippen LogP contribution in [0.1, 0.15) is 46.8 Å². The van der Waals surface area contributed by atoms with Gasteiger partial charge in [0.15, 0.2) is 16.4 Å². The molecule has 26 heavy (non-hydrogen) atoms. The van der Waals surface area contributed by atoms with Crippen molar-refractivity contribution in [2.24, 2.45) is 5.92 Å². The Bertz CT molecular complexity index is 799. The van der Waals surface area contributed by atoms with Gasteiger partial charge in [0.2, 0.25) is 0 Å². The molecule has 8 heteroatoms. The molecule has 0 unspecified atom stereocenters. The molecule has 1 fully saturated rings. The lowest BCUT2D eigenvalue weighted by atomic mass is 9.90. The van der Waals surface area contributed by atoms with Crippen LogP contribution in [0.3, 0.4) is 0 Å². The fourth-order valence-corrected chi connectivity index (χ4v) is 6.58. The van der Waals surface area contributed by atoms with Crippen molar-refractivity contribution in [1.82, 2.24) is 4.90 Å². The van der Waals surface area contributed by atoms with Crippen LogP contribution in [0.4, 0.5) is 0 Å². The topological polar surface area (TPSA) is 80.8 Å². The van der Waals surface area contributed by atoms with Gasteiger partial charge in [-0.25, -0.2) is 13.2 Å². The smallest absolute Gasteiger partial charge is 0.348 e. The number of aryl methyl sites for hydroxylation is 1. The molecule has 1 saturated heterocycles. The Morgan fingerprint density at radius 2 is 2.12 bits per heavy atom. The minimum absolute atomic E-state index is 0.00362. The largest absolute Gasteiger partial charge is 0.451 e. The highest BCUT2D eigenvalue weighted by molar-refractivity contribution is 7.91. The van der Waals surface area contributed by atoms with E-state index in [1.54, 1.807) is 6.92 Å². The second-order valence-electron chi connectivity index (χ2n) is 7.22. The predicted octanol–water partition coefficient (Wildman–Crippen LogP) is 2.07. The number of fused-ring (bicyclic) bond motifs is 1. The third kappa shape index (κ3) is 4.28. The molecule has 1 aromatic rings. The number of amides is 1. The van der Waals surface area contributed by atoms with E-state index in [1.807, 2.05) is 6.07 Å². The molecule has 1 aliphatic heterocycles. The van der Waals surface area contributed by atoms with Gasteiger partial charge in [0.05, 0.1) is 11.5 Å². The summed E-state index contributed by atoms with van der Waals surface area (Å²) in [5.74, 6) is -0.0710. The van der Waals surface area contributed by atoms with Gasteiger partial charge in [-0.3, -0.25) is 4.79 Å². The second-order valence-corrected chi connectivity index (χ2v) is 10.6. The van der Waals surface area contributed by atoms with Crippen molar-refractivity contribution in [3.05, 3.63) is 21.4 Å². The average molecular weight is 400 g/mol. The maximum Gasteiger partial charge on any atom is 0.348 e. The molecule has 2 aliphatic rings. The molecule has 0 radical (unpaired) electrons. The van der Waals surface area contributed by atoms with E-state index in [1.165, 1.54) is 26.7 Å². The van der Waals surface area contributed by atoms with Crippen LogP contribution in [0.15, 0.2) is 6.07 Å². The van der Waals surface area contributed by atoms with Gasteiger partial charge in [-0.2, -0.15) is 0 Å². The van der Waals surface area contributed by atoms with Crippen LogP contribution in [0.25, 0.3) is 0 Å². The quantitative estimate of drug-likeness (QED) is 0.708. The first-order valence-corrected chi connectivity index (χ1v) is 11.7. The molecule has 0 aromatic carbocycles. The van der Waals surface area contributed by atoms with Gasteiger partial charge in [0.25, 0.3) is 5.91 Å². The first kappa shape index (κ1) is 19.4. The van der Waals surface area contributed by atoms with Gasteiger partial charge in [-0.05, 0) is 50.2 Å². The number of esters is 1. The lowest BCUT2D eigenvalue weighted by Gasteiger charge is -2.26. The molecule has 1 aliphatic carbocycles. The number of thiophene rings is 1. The molecule has 0 spiro atoms. The number of sulfone groups is 1. The molecule has 144 valence electrons. The first-order valence-electron chi connectivity index (χ1n) is 9.07. The number of carbonyl (C=O) groups is 2. The molecule has 6 nitrogen and oxygen atoms in total. The first-order chi connectivity index (χ1) is 12.3. The van der Waals surface area contributed by atoms with Crippen LogP contribution in [-0.4, -0.2) is 55.9 Å². The summed E-state index contributed by atoms with van der Waals surface area (Å²) in [6, 6.07) is 1.58. The summed E-state index contributed by atoms with van der Waals surface area (Å²) in [7, 11) is -3.06. The number of likely N-dealkylation sites (N-methyl/N-ethyl adjacent to an activating group) is 1. The zero-order valence-electron chi connectivity index (χ0n) is 15.2. The highest BCUT2D eigenvalue weighted by Crippen LogP contribution is 2.32. The summed E-state index contributed by atoms with van der Waals surface area (Å²) in [5, 5.41) is 0. The van der Waals surface area contributed by atoms with Crippen LogP contribution >= 0.6 is 11.3 Å². The Labute approximate surface area is 158 Å². The van der Waals surface area contributed by atoms with E-state index in [2.05, 4.69) is 6.92 Å². The molecule has 0 bridgehead atoms. The van der Waals surface area contributed by atoms with Crippen molar-refractivity contribution >= 4 is 33.1 Å². The number of ether oxygens (including phenoxy) is 1. The molecule has 1 amide bonds. The van der Waals surface area contributed by atoms with Crippen molar-refractivity contribution in [1.29, 1.82) is 0 Å². The van der Waals surface area contributed by atoms with Gasteiger partial charge in [-0.1, -0.05) is 6.92 Å². The van der Waals surface area contributed by atoms with Gasteiger partial charge in [0.1, 0.15) is 4.88 Å². The van der Waals surface area contributed by atoms with Crippen LogP contribution < -0.4 is 0 Å². The van der Waals surface area contributed by atoms with E-state index in [0.29, 0.717) is 23.8 Å². The Balaban J connectivity index is 1.57. The molecular formula is C18H25NO5S2. The molecule has 0 N–H and O–H groups in total. The Kier molecular flexibility index (Phi) is 5.72. The van der Waals surface area contributed by atoms with Gasteiger partial charge in [0, 0.05) is 17.5 Å². The molecule has 1 aromatic heterocycles. The summed E-state index contributed by atoms with van der Waals surface area (Å²) >= 11 is 1.46. The zero-order valence-corrected chi connectivity index (χ0v) is 16.8. The monoisotopic (exact) mass is 399 g/mol. The van der Waals surface area contributed by atoms with Gasteiger partial charge >= 0.3 is 5.97 Å². The molecule has 0 saturated carbocycles. The van der Waals surface area contributed by atoms with Crippen molar-refractivity contribution in [3.63, 3.8) is 0 Å². The summed E-state index contributed by atoms with van der Waals surface area (Å²) in [6.07, 6.45) is 3.56. The maximum atomic E-state index is 12.4. The normalized spacial score (nSPS) is 24.1. The summed E-state index contributed by atoms with van der Waals surface area (Å²) in [5.41, 5.74) is 1.22. The fourth-order valence-electron chi connectivity index (χ4n) is 3.75. The van der Waals surface area contributed by atoms with Crippen LogP contribution in [0, 0.1) is 5.92 Å². The van der Waals surface area contributed by atoms with Crippen LogP contribution in [0.5, 0.6) is 0 Å². The van der Waals surface area contributed by atoms with Crippen molar-refractivity contribution in [2.45, 2.75) is 45.6 Å². The standard InChI is InChI=1S/C18H25NO5S2/c1-3-19(14-6-7-26(22,23)11-14)17(20)10-24-18(21)16-9-13-8-12(2)4-5-15(13)25-16/h9,12,14H,3-8,10-11H2,1-2H3/t12-,14-/m0/s1. The van der Waals surface area contributed by atoms with Crippen molar-refractivity contribution < 1.29 is 22.7 Å². The second kappa shape index (κ2) is 7.68. The van der Waals surface area contributed by atoms with E-state index in [4.69, 9.17) is 4.74 Å². The molecular weight excluding hydrogens is 374 g/mol. The van der Waals surface area contributed by atoms with Gasteiger partial charge < -0.3 is 9.64 Å². The van der Waals surface area contributed by atoms with E-state index < -0.39 is 15.8 Å². The predicted molar refractivity (Wildman–Crippen MR) is 100 cm³/mol. The zero-order chi connectivity index (χ0) is 18.9. The SMILES string of the molecule is CCN(C(=O)COC(=O)c1cc2c(s1)CC[C@H](C)C2)[C@H]1CCS(=O)(=O)C1. The fraction of sp³-hybridized carbons (Fsp3) is 0.667. The van der Waals surface area contributed by atoms with E-state index in [-0.39, 0.29) is 30.1 Å². The number of hydrogen-bond acceptors (Lipinski definition) is 6. The summed E-state index contributed by atoms with van der Waals surface area (Å²) in [4.78, 5) is 28.0. The molecule has 2 heterocycles. The number of hydrogen-bond donors (Lipinski definition) is 0. The minimum Gasteiger partial charge on any atom is -0.451 e. The number of nitrogens with zero attached hydrogens (tertiary/aromatic N) is 1. The lowest BCUT2D eigenvalue weighted by molar-refractivity contribution is -0.136. The van der Waals surface area contributed by atoms with Crippen LogP contribution in [0.2, 0.25) is 0 Å². The highest BCUT2D eigenvalue weighted by atomic mass is 32.2.